The molecule has 1 aromatic heterocycles. The van der Waals surface area contributed by atoms with Crippen molar-refractivity contribution in [2.75, 3.05) is 26.8 Å². The molecule has 1 aromatic carbocycles. The highest BCUT2D eigenvalue weighted by Gasteiger charge is 2.08. The summed E-state index contributed by atoms with van der Waals surface area (Å²) in [6.07, 6.45) is 0.843. The first-order valence-corrected chi connectivity index (χ1v) is 9.26. The summed E-state index contributed by atoms with van der Waals surface area (Å²) >= 11 is 0. The fourth-order valence-electron chi connectivity index (χ4n) is 2.56. The lowest BCUT2D eigenvalue weighted by atomic mass is 10.1. The summed E-state index contributed by atoms with van der Waals surface area (Å²) in [6, 6.07) is 6.07. The molecule has 8 heteroatoms. The molecule has 0 fully saturated rings. The number of guanidine groups is 1. The van der Waals surface area contributed by atoms with Gasteiger partial charge in [-0.15, -0.1) is 10.2 Å². The molecule has 1 heterocycles. The molecule has 2 N–H and O–H groups in total. The van der Waals surface area contributed by atoms with E-state index in [1.165, 1.54) is 5.56 Å². The summed E-state index contributed by atoms with van der Waals surface area (Å²) in [7, 11) is 3.70. The molecule has 0 aliphatic carbocycles. The standard InChI is InChI=1S/C19H30N6O2/c1-6-26-16-9-8-15(12-17(16)27-7-2)10-11-21-19(20-4)22-13-18-24-23-14(3)25(18)5/h8-9,12H,6-7,10-11,13H2,1-5H3,(H2,20,21,22). The Balaban J connectivity index is 1.86. The number of nitrogens with one attached hydrogen (secondary N) is 2. The van der Waals surface area contributed by atoms with Crippen molar-refractivity contribution in [3.8, 4) is 11.5 Å². The fraction of sp³-hybridized carbons (Fsp3) is 0.526. The Morgan fingerprint density at radius 1 is 1.11 bits per heavy atom. The highest BCUT2D eigenvalue weighted by atomic mass is 16.5. The first kappa shape index (κ1) is 20.5. The summed E-state index contributed by atoms with van der Waals surface area (Å²) in [4.78, 5) is 4.25. The molecule has 0 atom stereocenters. The number of aryl methyl sites for hydroxylation is 1. The Labute approximate surface area is 161 Å². The Kier molecular flexibility index (Phi) is 7.91. The second-order valence-corrected chi connectivity index (χ2v) is 5.97. The zero-order chi connectivity index (χ0) is 19.6. The van der Waals surface area contributed by atoms with Crippen LogP contribution in [0.5, 0.6) is 11.5 Å². The molecule has 0 aliphatic heterocycles. The first-order valence-electron chi connectivity index (χ1n) is 9.26. The average Bonchev–Trinajstić information content (AvgIpc) is 2.99. The van der Waals surface area contributed by atoms with Crippen molar-refractivity contribution >= 4 is 5.96 Å². The van der Waals surface area contributed by atoms with Crippen molar-refractivity contribution in [2.24, 2.45) is 12.0 Å². The van der Waals surface area contributed by atoms with Crippen molar-refractivity contribution in [2.45, 2.75) is 33.7 Å². The van der Waals surface area contributed by atoms with Gasteiger partial charge < -0.3 is 24.7 Å². The van der Waals surface area contributed by atoms with E-state index in [1.54, 1.807) is 7.05 Å². The summed E-state index contributed by atoms with van der Waals surface area (Å²) in [5, 5.41) is 14.8. The maximum Gasteiger partial charge on any atom is 0.191 e. The van der Waals surface area contributed by atoms with Gasteiger partial charge >= 0.3 is 0 Å². The number of hydrogen-bond donors (Lipinski definition) is 2. The SMILES string of the molecule is CCOc1ccc(CCNC(=NC)NCc2nnc(C)n2C)cc1OCC. The molecular weight excluding hydrogens is 344 g/mol. The minimum Gasteiger partial charge on any atom is -0.490 e. The number of ether oxygens (including phenoxy) is 2. The molecule has 0 unspecified atom stereocenters. The van der Waals surface area contributed by atoms with E-state index in [2.05, 4.69) is 31.9 Å². The molecule has 0 saturated heterocycles. The molecule has 0 aliphatic rings. The van der Waals surface area contributed by atoms with Gasteiger partial charge in [0.15, 0.2) is 23.3 Å². The predicted octanol–water partition coefficient (Wildman–Crippen LogP) is 1.83. The third-order valence-electron chi connectivity index (χ3n) is 4.13. The van der Waals surface area contributed by atoms with E-state index in [-0.39, 0.29) is 0 Å². The predicted molar refractivity (Wildman–Crippen MR) is 106 cm³/mol. The first-order chi connectivity index (χ1) is 13.1. The van der Waals surface area contributed by atoms with Crippen LogP contribution in [-0.2, 0) is 20.0 Å². The Morgan fingerprint density at radius 2 is 1.85 bits per heavy atom. The Morgan fingerprint density at radius 3 is 2.48 bits per heavy atom. The van der Waals surface area contributed by atoms with Crippen molar-refractivity contribution in [3.05, 3.63) is 35.4 Å². The number of aromatic nitrogens is 3. The van der Waals surface area contributed by atoms with Crippen molar-refractivity contribution in [3.63, 3.8) is 0 Å². The van der Waals surface area contributed by atoms with Crippen LogP contribution in [0.1, 0.15) is 31.1 Å². The average molecular weight is 374 g/mol. The van der Waals surface area contributed by atoms with Crippen LogP contribution in [0.2, 0.25) is 0 Å². The van der Waals surface area contributed by atoms with Gasteiger partial charge in [0.05, 0.1) is 19.8 Å². The molecule has 0 radical (unpaired) electrons. The van der Waals surface area contributed by atoms with Crippen molar-refractivity contribution in [1.29, 1.82) is 0 Å². The van der Waals surface area contributed by atoms with Crippen LogP contribution < -0.4 is 20.1 Å². The van der Waals surface area contributed by atoms with Crippen LogP contribution in [0.15, 0.2) is 23.2 Å². The smallest absolute Gasteiger partial charge is 0.191 e. The van der Waals surface area contributed by atoms with Crippen molar-refractivity contribution < 1.29 is 9.47 Å². The van der Waals surface area contributed by atoms with E-state index >= 15 is 0 Å². The van der Waals surface area contributed by atoms with Gasteiger partial charge in [0, 0.05) is 20.6 Å². The molecule has 0 spiro atoms. The van der Waals surface area contributed by atoms with Crippen LogP contribution in [-0.4, -0.2) is 47.5 Å². The summed E-state index contributed by atoms with van der Waals surface area (Å²) in [5.41, 5.74) is 1.17. The molecule has 148 valence electrons. The summed E-state index contributed by atoms with van der Waals surface area (Å²) < 4.78 is 13.2. The lowest BCUT2D eigenvalue weighted by molar-refractivity contribution is 0.287. The number of nitrogens with zero attached hydrogens (tertiary/aromatic N) is 4. The molecular formula is C19H30N6O2. The minimum atomic E-state index is 0.564. The van der Waals surface area contributed by atoms with E-state index in [1.807, 2.05) is 44.5 Å². The molecule has 27 heavy (non-hydrogen) atoms. The maximum absolute atomic E-state index is 5.68. The highest BCUT2D eigenvalue weighted by molar-refractivity contribution is 5.79. The van der Waals surface area contributed by atoms with Gasteiger partial charge in [-0.1, -0.05) is 6.07 Å². The fourth-order valence-corrected chi connectivity index (χ4v) is 2.56. The zero-order valence-electron chi connectivity index (χ0n) is 16.9. The van der Waals surface area contributed by atoms with Crippen LogP contribution in [0, 0.1) is 6.92 Å². The van der Waals surface area contributed by atoms with Crippen LogP contribution in [0.25, 0.3) is 0 Å². The van der Waals surface area contributed by atoms with E-state index in [4.69, 9.17) is 9.47 Å². The Bertz CT molecular complexity index is 757. The van der Waals surface area contributed by atoms with Gasteiger partial charge in [0.25, 0.3) is 0 Å². The van der Waals surface area contributed by atoms with Gasteiger partial charge in [-0.25, -0.2) is 0 Å². The second-order valence-electron chi connectivity index (χ2n) is 5.97. The third-order valence-corrected chi connectivity index (χ3v) is 4.13. The van der Waals surface area contributed by atoms with Gasteiger partial charge in [-0.2, -0.15) is 0 Å². The zero-order valence-corrected chi connectivity index (χ0v) is 16.9. The van der Waals surface area contributed by atoms with Gasteiger partial charge in [0.2, 0.25) is 0 Å². The Hall–Kier alpha value is -2.77. The van der Waals surface area contributed by atoms with Crippen LogP contribution >= 0.6 is 0 Å². The molecule has 0 amide bonds. The highest BCUT2D eigenvalue weighted by Crippen LogP contribution is 2.28. The summed E-state index contributed by atoms with van der Waals surface area (Å²) in [5.74, 6) is 4.05. The molecule has 8 nitrogen and oxygen atoms in total. The number of hydrogen-bond acceptors (Lipinski definition) is 5. The van der Waals surface area contributed by atoms with Crippen LogP contribution in [0.3, 0.4) is 0 Å². The molecule has 2 aromatic rings. The van der Waals surface area contributed by atoms with Gasteiger partial charge in [0.1, 0.15) is 5.82 Å². The quantitative estimate of drug-likeness (QED) is 0.514. The largest absolute Gasteiger partial charge is 0.490 e. The number of rotatable bonds is 9. The minimum absolute atomic E-state index is 0.564. The lowest BCUT2D eigenvalue weighted by Crippen LogP contribution is -2.38. The van der Waals surface area contributed by atoms with Crippen molar-refractivity contribution in [1.82, 2.24) is 25.4 Å². The topological polar surface area (TPSA) is 85.6 Å². The normalized spacial score (nSPS) is 11.4. The molecule has 2 rings (SSSR count). The third kappa shape index (κ3) is 5.87. The summed E-state index contributed by atoms with van der Waals surface area (Å²) in [6.45, 7) is 8.41. The molecule has 0 saturated carbocycles. The van der Waals surface area contributed by atoms with E-state index in [9.17, 15) is 0 Å². The van der Waals surface area contributed by atoms with Gasteiger partial charge in [-0.3, -0.25) is 4.99 Å². The van der Waals surface area contributed by atoms with E-state index in [0.29, 0.717) is 19.8 Å². The second kappa shape index (κ2) is 10.4. The monoisotopic (exact) mass is 374 g/mol. The van der Waals surface area contributed by atoms with Gasteiger partial charge in [-0.05, 0) is 44.9 Å². The number of aliphatic imine (C=N–C) groups is 1. The van der Waals surface area contributed by atoms with Crippen LogP contribution in [0.4, 0.5) is 0 Å². The van der Waals surface area contributed by atoms with E-state index in [0.717, 1.165) is 42.1 Å². The lowest BCUT2D eigenvalue weighted by Gasteiger charge is -2.14. The maximum atomic E-state index is 5.68. The van der Waals surface area contributed by atoms with E-state index < -0.39 is 0 Å². The number of benzene rings is 1. The molecule has 0 bridgehead atoms.